The molecule has 0 amide bonds. The molecule has 0 aliphatic carbocycles. The Kier molecular flexibility index (Phi) is 3.00. The Morgan fingerprint density at radius 1 is 1.45 bits per heavy atom. The highest BCUT2D eigenvalue weighted by Crippen LogP contribution is 2.22. The van der Waals surface area contributed by atoms with E-state index in [4.69, 9.17) is 4.42 Å². The normalized spacial score (nSPS) is 15.1. The van der Waals surface area contributed by atoms with Gasteiger partial charge in [0, 0.05) is 31.5 Å². The fourth-order valence-corrected chi connectivity index (χ4v) is 2.51. The van der Waals surface area contributed by atoms with E-state index in [0.717, 1.165) is 18.9 Å². The molecule has 7 nitrogen and oxygen atoms in total. The first-order valence-electron chi connectivity index (χ1n) is 7.21. The van der Waals surface area contributed by atoms with Gasteiger partial charge in [-0.25, -0.2) is 9.97 Å². The molecule has 1 N–H and O–H groups in total. The van der Waals surface area contributed by atoms with Gasteiger partial charge in [0.25, 0.3) is 0 Å². The Hall–Kier alpha value is -2.54. The van der Waals surface area contributed by atoms with E-state index in [1.807, 2.05) is 12.1 Å². The molecule has 4 heterocycles. The van der Waals surface area contributed by atoms with Crippen molar-refractivity contribution in [1.82, 2.24) is 24.9 Å². The van der Waals surface area contributed by atoms with E-state index in [-0.39, 0.29) is 12.2 Å². The summed E-state index contributed by atoms with van der Waals surface area (Å²) in [5, 5.41) is 7.78. The molecule has 4 rings (SSSR count). The van der Waals surface area contributed by atoms with Crippen LogP contribution >= 0.6 is 0 Å². The number of fused-ring (bicyclic) bond motifs is 1. The van der Waals surface area contributed by atoms with Gasteiger partial charge in [0.1, 0.15) is 5.78 Å². The molecule has 3 aromatic rings. The van der Waals surface area contributed by atoms with Crippen molar-refractivity contribution in [3.05, 3.63) is 36.0 Å². The highest BCUT2D eigenvalue weighted by molar-refractivity contribution is 5.78. The first kappa shape index (κ1) is 13.1. The number of hydrogen-bond donors (Lipinski definition) is 1. The Labute approximate surface area is 126 Å². The van der Waals surface area contributed by atoms with Gasteiger partial charge in [-0.1, -0.05) is 0 Å². The van der Waals surface area contributed by atoms with Gasteiger partial charge >= 0.3 is 0 Å². The van der Waals surface area contributed by atoms with Gasteiger partial charge in [-0.2, -0.15) is 4.52 Å². The zero-order chi connectivity index (χ0) is 15.1. The van der Waals surface area contributed by atoms with Gasteiger partial charge in [0.15, 0.2) is 23.1 Å². The number of carbonyl (C=O) groups excluding carboxylic acids is 1. The lowest BCUT2D eigenvalue weighted by Crippen LogP contribution is -2.40. The summed E-state index contributed by atoms with van der Waals surface area (Å²) in [4.78, 5) is 20.5. The fraction of sp³-hybridized carbons (Fsp3) is 0.333. The van der Waals surface area contributed by atoms with E-state index >= 15 is 0 Å². The molecule has 0 atom stereocenters. The minimum atomic E-state index is 0.0603. The predicted octanol–water partition coefficient (Wildman–Crippen LogP) is 1.20. The average Bonchev–Trinajstić information content (AvgIpc) is 3.03. The zero-order valence-electron chi connectivity index (χ0n) is 12.1. The summed E-state index contributed by atoms with van der Waals surface area (Å²) in [5.74, 6) is 2.38. The summed E-state index contributed by atoms with van der Waals surface area (Å²) >= 11 is 0. The van der Waals surface area contributed by atoms with Crippen LogP contribution in [0.25, 0.3) is 17.2 Å². The number of hydrogen-bond acceptors (Lipinski definition) is 6. The molecule has 1 aliphatic heterocycles. The quantitative estimate of drug-likeness (QED) is 0.779. The molecule has 1 aliphatic rings. The van der Waals surface area contributed by atoms with Crippen molar-refractivity contribution in [2.45, 2.75) is 19.3 Å². The molecule has 1 saturated heterocycles. The Morgan fingerprint density at radius 3 is 2.95 bits per heavy atom. The molecule has 0 radical (unpaired) electrons. The number of nitrogens with one attached hydrogen (secondary N) is 1. The van der Waals surface area contributed by atoms with E-state index < -0.39 is 0 Å². The van der Waals surface area contributed by atoms with E-state index in [9.17, 15) is 4.79 Å². The summed E-state index contributed by atoms with van der Waals surface area (Å²) in [7, 11) is 0. The van der Waals surface area contributed by atoms with Crippen LogP contribution in [0.4, 0.5) is 0 Å². The van der Waals surface area contributed by atoms with E-state index in [2.05, 4.69) is 20.4 Å². The lowest BCUT2D eigenvalue weighted by Gasteiger charge is -2.23. The van der Waals surface area contributed by atoms with Crippen molar-refractivity contribution in [1.29, 1.82) is 0 Å². The number of nitrogens with zero attached hydrogens (tertiary/aromatic N) is 4. The van der Waals surface area contributed by atoms with E-state index in [0.29, 0.717) is 28.8 Å². The Morgan fingerprint density at radius 2 is 2.32 bits per heavy atom. The molecule has 0 spiro atoms. The van der Waals surface area contributed by atoms with Crippen molar-refractivity contribution in [3.8, 4) is 11.6 Å². The third kappa shape index (κ3) is 2.19. The minimum Gasteiger partial charge on any atom is -0.461 e. The number of carbonyl (C=O) groups is 1. The van der Waals surface area contributed by atoms with Gasteiger partial charge in [-0.15, -0.1) is 5.10 Å². The van der Waals surface area contributed by atoms with Gasteiger partial charge < -0.3 is 9.73 Å². The van der Waals surface area contributed by atoms with Crippen LogP contribution in [-0.4, -0.2) is 38.5 Å². The van der Waals surface area contributed by atoms with E-state index in [1.54, 1.807) is 23.8 Å². The molecular weight excluding hydrogens is 282 g/mol. The first-order chi connectivity index (χ1) is 10.7. The van der Waals surface area contributed by atoms with Crippen molar-refractivity contribution >= 4 is 11.4 Å². The van der Waals surface area contributed by atoms with Crippen LogP contribution in [0.1, 0.15) is 24.4 Å². The van der Waals surface area contributed by atoms with Gasteiger partial charge in [0.2, 0.25) is 0 Å². The fourth-order valence-electron chi connectivity index (χ4n) is 2.51. The van der Waals surface area contributed by atoms with Gasteiger partial charge in [-0.05, 0) is 19.1 Å². The SMILES string of the molecule is CC(=O)Cc1cc2nc(C3CNC3)nn2c(-c2ccco2)n1. The minimum absolute atomic E-state index is 0.0603. The van der Waals surface area contributed by atoms with Crippen LogP contribution in [0.15, 0.2) is 28.9 Å². The van der Waals surface area contributed by atoms with Crippen LogP contribution in [-0.2, 0) is 11.2 Å². The number of Topliss-reactive ketones (excluding diaryl/α,β-unsaturated/α-hetero) is 1. The zero-order valence-corrected chi connectivity index (χ0v) is 12.1. The maximum Gasteiger partial charge on any atom is 0.199 e. The maximum absolute atomic E-state index is 11.4. The molecular formula is C15H15N5O2. The molecule has 0 aromatic carbocycles. The van der Waals surface area contributed by atoms with Crippen LogP contribution < -0.4 is 5.32 Å². The average molecular weight is 297 g/mol. The van der Waals surface area contributed by atoms with Crippen LogP contribution in [0, 0.1) is 0 Å². The molecule has 3 aromatic heterocycles. The predicted molar refractivity (Wildman–Crippen MR) is 78.5 cm³/mol. The molecule has 22 heavy (non-hydrogen) atoms. The lowest BCUT2D eigenvalue weighted by molar-refractivity contribution is -0.116. The third-order valence-corrected chi connectivity index (χ3v) is 3.71. The van der Waals surface area contributed by atoms with Gasteiger partial charge in [0.05, 0.1) is 12.0 Å². The number of rotatable bonds is 4. The highest BCUT2D eigenvalue weighted by Gasteiger charge is 2.25. The number of ketones is 1. The van der Waals surface area contributed by atoms with Crippen LogP contribution in [0.5, 0.6) is 0 Å². The van der Waals surface area contributed by atoms with Crippen molar-refractivity contribution in [2.24, 2.45) is 0 Å². The first-order valence-corrected chi connectivity index (χ1v) is 7.21. The summed E-state index contributed by atoms with van der Waals surface area (Å²) in [5.41, 5.74) is 1.37. The maximum atomic E-state index is 11.4. The monoisotopic (exact) mass is 297 g/mol. The van der Waals surface area contributed by atoms with Crippen molar-refractivity contribution < 1.29 is 9.21 Å². The van der Waals surface area contributed by atoms with Gasteiger partial charge in [-0.3, -0.25) is 4.79 Å². The summed E-state index contributed by atoms with van der Waals surface area (Å²) in [6.45, 7) is 3.33. The highest BCUT2D eigenvalue weighted by atomic mass is 16.3. The molecule has 0 saturated carbocycles. The number of furan rings is 1. The topological polar surface area (TPSA) is 85.3 Å². The Balaban J connectivity index is 1.88. The summed E-state index contributed by atoms with van der Waals surface area (Å²) < 4.78 is 7.14. The smallest absolute Gasteiger partial charge is 0.199 e. The molecule has 0 unspecified atom stereocenters. The number of aromatic nitrogens is 4. The second kappa shape index (κ2) is 5.03. The molecule has 0 bridgehead atoms. The summed E-state index contributed by atoms with van der Waals surface area (Å²) in [6, 6.07) is 5.44. The van der Waals surface area contributed by atoms with Crippen LogP contribution in [0.2, 0.25) is 0 Å². The second-order valence-corrected chi connectivity index (χ2v) is 5.52. The summed E-state index contributed by atoms with van der Waals surface area (Å²) in [6.07, 6.45) is 1.87. The Bertz CT molecular complexity index is 833. The largest absolute Gasteiger partial charge is 0.461 e. The van der Waals surface area contributed by atoms with Crippen LogP contribution in [0.3, 0.4) is 0 Å². The molecule has 7 heteroatoms. The second-order valence-electron chi connectivity index (χ2n) is 5.52. The third-order valence-electron chi connectivity index (χ3n) is 3.71. The standard InChI is InChI=1S/C15H15N5O2/c1-9(21)5-11-6-13-18-14(10-7-16-8-10)19-20(13)15(17-11)12-3-2-4-22-12/h2-4,6,10,16H,5,7-8H2,1H3. The molecule has 112 valence electrons. The van der Waals surface area contributed by atoms with Crippen molar-refractivity contribution in [3.63, 3.8) is 0 Å². The van der Waals surface area contributed by atoms with Crippen molar-refractivity contribution in [2.75, 3.05) is 13.1 Å². The molecule has 1 fully saturated rings. The van der Waals surface area contributed by atoms with E-state index in [1.165, 1.54) is 0 Å². The lowest BCUT2D eigenvalue weighted by atomic mass is 10.0.